The van der Waals surface area contributed by atoms with Crippen molar-refractivity contribution in [3.63, 3.8) is 0 Å². The number of rotatable bonds is 1. The van der Waals surface area contributed by atoms with Crippen LogP contribution in [0.5, 0.6) is 0 Å². The predicted octanol–water partition coefficient (Wildman–Crippen LogP) is 0.403. The van der Waals surface area contributed by atoms with E-state index in [1.807, 2.05) is 0 Å². The van der Waals surface area contributed by atoms with Gasteiger partial charge in [0.05, 0.1) is 0 Å². The van der Waals surface area contributed by atoms with Crippen molar-refractivity contribution in [1.29, 1.82) is 0 Å². The third kappa shape index (κ3) is 8.82. The molecule has 32 valence electrons. The van der Waals surface area contributed by atoms with Crippen molar-refractivity contribution >= 4 is 0 Å². The molecule has 0 saturated carbocycles. The third-order valence-corrected chi connectivity index (χ3v) is 0.333. The van der Waals surface area contributed by atoms with Crippen LogP contribution in [0.3, 0.4) is 0 Å². The Bertz CT molecular complexity index is 21.5. The summed E-state index contributed by atoms with van der Waals surface area (Å²) in [6, 6.07) is 0. The zero-order valence-electron chi connectivity index (χ0n) is 3.85. The van der Waals surface area contributed by atoms with Crippen LogP contribution in [-0.4, -0.2) is 11.2 Å². The van der Waals surface area contributed by atoms with Crippen LogP contribution in [-0.2, 0) is 19.5 Å². The first-order valence-electron chi connectivity index (χ1n) is 1.57. The summed E-state index contributed by atoms with van der Waals surface area (Å²) in [5.74, 6) is 0. The molecule has 1 atom stereocenters. The standard InChI is InChI=1S/C4H8O.Zn/c1-3-4(2)5;/h4-5H,1-3H2;/q-2;+2. The van der Waals surface area contributed by atoms with Gasteiger partial charge in [-0.2, -0.15) is 6.42 Å². The van der Waals surface area contributed by atoms with Crippen LogP contribution in [0.25, 0.3) is 0 Å². The van der Waals surface area contributed by atoms with Gasteiger partial charge in [-0.25, -0.2) is 0 Å². The number of hydrogen-bond donors (Lipinski definition) is 1. The summed E-state index contributed by atoms with van der Waals surface area (Å²) >= 11 is 0. The second-order valence-electron chi connectivity index (χ2n) is 0.942. The van der Waals surface area contributed by atoms with Gasteiger partial charge in [0.1, 0.15) is 0 Å². The van der Waals surface area contributed by atoms with Gasteiger partial charge < -0.3 is 19.0 Å². The van der Waals surface area contributed by atoms with E-state index in [9.17, 15) is 0 Å². The van der Waals surface area contributed by atoms with Crippen LogP contribution in [0.15, 0.2) is 0 Å². The molecule has 0 rings (SSSR count). The van der Waals surface area contributed by atoms with Gasteiger partial charge in [-0.3, -0.25) is 0 Å². The van der Waals surface area contributed by atoms with E-state index in [0.29, 0.717) is 6.42 Å². The molecule has 0 aromatic heterocycles. The molecule has 0 aromatic carbocycles. The van der Waals surface area contributed by atoms with Crippen LogP contribution in [0.2, 0.25) is 0 Å². The maximum atomic E-state index is 8.19. The molecule has 0 aliphatic rings. The van der Waals surface area contributed by atoms with Crippen molar-refractivity contribution in [3.05, 3.63) is 13.8 Å². The monoisotopic (exact) mass is 136 g/mol. The molecule has 0 aliphatic heterocycles. The Balaban J connectivity index is 0. The average Bonchev–Trinajstić information content (AvgIpc) is 1.38. The van der Waals surface area contributed by atoms with Gasteiger partial charge in [-0.05, 0) is 0 Å². The molecule has 0 fully saturated rings. The van der Waals surface area contributed by atoms with Crippen molar-refractivity contribution in [2.45, 2.75) is 12.5 Å². The van der Waals surface area contributed by atoms with Crippen LogP contribution >= 0.6 is 0 Å². The van der Waals surface area contributed by atoms with Crippen molar-refractivity contribution in [3.8, 4) is 0 Å². The van der Waals surface area contributed by atoms with E-state index in [4.69, 9.17) is 5.11 Å². The van der Waals surface area contributed by atoms with E-state index < -0.39 is 6.10 Å². The van der Waals surface area contributed by atoms with Crippen LogP contribution in [0, 0.1) is 13.8 Å². The molecule has 0 aromatic rings. The molecule has 0 radical (unpaired) electrons. The fourth-order valence-corrected chi connectivity index (χ4v) is 0. The largest absolute Gasteiger partial charge is 2.00 e. The zero-order valence-corrected chi connectivity index (χ0v) is 6.82. The van der Waals surface area contributed by atoms with Gasteiger partial charge in [0.15, 0.2) is 0 Å². The summed E-state index contributed by atoms with van der Waals surface area (Å²) in [6.07, 6.45) is 0.0231. The van der Waals surface area contributed by atoms with E-state index in [0.717, 1.165) is 0 Å². The molecule has 0 amide bonds. The molecule has 6 heavy (non-hydrogen) atoms. The Morgan fingerprint density at radius 3 is 1.83 bits per heavy atom. The van der Waals surface area contributed by atoms with E-state index in [2.05, 4.69) is 13.8 Å². The van der Waals surface area contributed by atoms with Crippen LogP contribution in [0.4, 0.5) is 0 Å². The summed E-state index contributed by atoms with van der Waals surface area (Å²) < 4.78 is 0. The summed E-state index contributed by atoms with van der Waals surface area (Å²) in [5, 5.41) is 8.19. The maximum Gasteiger partial charge on any atom is 2.00 e. The average molecular weight is 137 g/mol. The first kappa shape index (κ1) is 9.77. The van der Waals surface area contributed by atoms with Crippen molar-refractivity contribution < 1.29 is 24.6 Å². The van der Waals surface area contributed by atoms with Gasteiger partial charge in [0, 0.05) is 0 Å². The molecule has 0 saturated heterocycles. The summed E-state index contributed by atoms with van der Waals surface area (Å²) in [4.78, 5) is 0. The second kappa shape index (κ2) is 5.58. The van der Waals surface area contributed by atoms with E-state index in [1.165, 1.54) is 0 Å². The molecule has 0 heterocycles. The first-order valence-corrected chi connectivity index (χ1v) is 1.57. The van der Waals surface area contributed by atoms with Gasteiger partial charge in [0.2, 0.25) is 0 Å². The molecule has 1 N–H and O–H groups in total. The molecule has 0 spiro atoms. The molecule has 0 bridgehead atoms. The smallest absolute Gasteiger partial charge is 0.428 e. The number of aliphatic hydroxyl groups is 1. The summed E-state index contributed by atoms with van der Waals surface area (Å²) in [6.45, 7) is 6.62. The molecule has 1 nitrogen and oxygen atoms in total. The van der Waals surface area contributed by atoms with Crippen LogP contribution < -0.4 is 0 Å². The van der Waals surface area contributed by atoms with Gasteiger partial charge in [-0.1, -0.05) is 6.10 Å². The fraction of sp³-hybridized carbons (Fsp3) is 0.500. The number of hydrogen-bond acceptors (Lipinski definition) is 1. The minimum absolute atomic E-state index is 0. The van der Waals surface area contributed by atoms with E-state index in [1.54, 1.807) is 0 Å². The Hall–Kier alpha value is 0.583. The van der Waals surface area contributed by atoms with Gasteiger partial charge in [-0.15, -0.1) is 0 Å². The predicted molar refractivity (Wildman–Crippen MR) is 21.3 cm³/mol. The van der Waals surface area contributed by atoms with Crippen molar-refractivity contribution in [1.82, 2.24) is 0 Å². The molecular formula is C4H8OZn. The maximum absolute atomic E-state index is 8.19. The summed E-state index contributed by atoms with van der Waals surface area (Å²) in [7, 11) is 0. The zero-order chi connectivity index (χ0) is 4.28. The van der Waals surface area contributed by atoms with E-state index in [-0.39, 0.29) is 19.5 Å². The SMILES string of the molecule is [CH2-]CC([CH2-])O.[Zn+2]. The minimum atomic E-state index is -0.477. The molecule has 0 aliphatic carbocycles. The quantitative estimate of drug-likeness (QED) is 0.410. The molecule has 2 heteroatoms. The second-order valence-corrected chi connectivity index (χ2v) is 0.942. The van der Waals surface area contributed by atoms with Crippen molar-refractivity contribution in [2.24, 2.45) is 0 Å². The molecule has 1 unspecified atom stereocenters. The Kier molecular flexibility index (Phi) is 9.09. The van der Waals surface area contributed by atoms with Gasteiger partial charge in [0.25, 0.3) is 0 Å². The topological polar surface area (TPSA) is 20.2 Å². The molecular weight excluding hydrogens is 129 g/mol. The minimum Gasteiger partial charge on any atom is -0.428 e. The van der Waals surface area contributed by atoms with Gasteiger partial charge >= 0.3 is 19.5 Å². The fourth-order valence-electron chi connectivity index (χ4n) is 0. The Morgan fingerprint density at radius 1 is 1.67 bits per heavy atom. The number of aliphatic hydroxyl groups excluding tert-OH is 1. The first-order chi connectivity index (χ1) is 2.27. The van der Waals surface area contributed by atoms with Crippen LogP contribution in [0.1, 0.15) is 6.42 Å². The van der Waals surface area contributed by atoms with Crippen molar-refractivity contribution in [2.75, 3.05) is 0 Å². The summed E-state index contributed by atoms with van der Waals surface area (Å²) in [5.41, 5.74) is 0. The third-order valence-electron chi connectivity index (χ3n) is 0.333. The normalized spacial score (nSPS) is 12.5. The Morgan fingerprint density at radius 2 is 1.83 bits per heavy atom. The van der Waals surface area contributed by atoms with E-state index >= 15 is 0 Å². The Labute approximate surface area is 51.5 Å².